The van der Waals surface area contributed by atoms with Crippen LogP contribution < -0.4 is 5.32 Å². The number of aromatic nitrogens is 2. The van der Waals surface area contributed by atoms with Gasteiger partial charge in [0.25, 0.3) is 5.69 Å². The lowest BCUT2D eigenvalue weighted by atomic mass is 10.2. The maximum Gasteiger partial charge on any atom is 0.289 e. The van der Waals surface area contributed by atoms with E-state index in [-0.39, 0.29) is 10.7 Å². The predicted molar refractivity (Wildman–Crippen MR) is 77.4 cm³/mol. The van der Waals surface area contributed by atoms with Gasteiger partial charge in [-0.3, -0.25) is 10.1 Å². The minimum Gasteiger partial charge on any atom is -0.324 e. The van der Waals surface area contributed by atoms with Crippen LogP contribution >= 0.6 is 11.6 Å². The molecule has 0 aliphatic rings. The first-order valence-electron chi connectivity index (χ1n) is 6.13. The van der Waals surface area contributed by atoms with Gasteiger partial charge in [-0.2, -0.15) is 0 Å². The summed E-state index contributed by atoms with van der Waals surface area (Å²) >= 11 is 5.76. The van der Waals surface area contributed by atoms with E-state index < -0.39 is 4.92 Å². The van der Waals surface area contributed by atoms with Gasteiger partial charge in [-0.25, -0.2) is 9.97 Å². The fourth-order valence-corrected chi connectivity index (χ4v) is 1.90. The number of nitrogens with zero attached hydrogens (tertiary/aromatic N) is 3. The molecule has 0 radical (unpaired) electrons. The molecule has 0 saturated carbocycles. The number of anilines is 2. The van der Waals surface area contributed by atoms with Crippen LogP contribution in [-0.2, 0) is 6.42 Å². The molecular formula is C13H13ClN4O2. The van der Waals surface area contributed by atoms with E-state index in [0.29, 0.717) is 11.6 Å². The van der Waals surface area contributed by atoms with Gasteiger partial charge >= 0.3 is 0 Å². The molecule has 1 aromatic heterocycles. The van der Waals surface area contributed by atoms with Gasteiger partial charge in [-0.1, -0.05) is 24.9 Å². The molecule has 1 heterocycles. The highest BCUT2D eigenvalue weighted by atomic mass is 35.5. The van der Waals surface area contributed by atoms with Crippen LogP contribution in [0.3, 0.4) is 0 Å². The Bertz CT molecular complexity index is 634. The number of hydrogen-bond donors (Lipinski definition) is 1. The molecule has 1 N–H and O–H groups in total. The number of benzene rings is 1. The highest BCUT2D eigenvalue weighted by Gasteiger charge is 2.13. The second-order valence-electron chi connectivity index (χ2n) is 4.17. The molecule has 0 unspecified atom stereocenters. The molecule has 0 saturated heterocycles. The molecule has 7 heteroatoms. The molecule has 0 atom stereocenters. The monoisotopic (exact) mass is 292 g/mol. The van der Waals surface area contributed by atoms with Crippen LogP contribution in [0.2, 0.25) is 5.02 Å². The van der Waals surface area contributed by atoms with Crippen molar-refractivity contribution >= 4 is 28.9 Å². The van der Waals surface area contributed by atoms with E-state index in [1.165, 1.54) is 12.1 Å². The predicted octanol–water partition coefficient (Wildman–Crippen LogP) is 3.73. The van der Waals surface area contributed by atoms with Gasteiger partial charge in [-0.15, -0.1) is 0 Å². The Morgan fingerprint density at radius 1 is 1.40 bits per heavy atom. The zero-order chi connectivity index (χ0) is 14.5. The molecule has 2 aromatic rings. The summed E-state index contributed by atoms with van der Waals surface area (Å²) in [5.41, 5.74) is 1.30. The summed E-state index contributed by atoms with van der Waals surface area (Å²) in [5.74, 6) is 0.410. The molecule has 0 bridgehead atoms. The van der Waals surface area contributed by atoms with E-state index in [4.69, 9.17) is 11.6 Å². The molecule has 0 aliphatic heterocycles. The van der Waals surface area contributed by atoms with Crippen LogP contribution in [0.1, 0.15) is 19.0 Å². The highest BCUT2D eigenvalue weighted by molar-refractivity contribution is 6.32. The van der Waals surface area contributed by atoms with Crippen LogP contribution in [0, 0.1) is 10.1 Å². The lowest BCUT2D eigenvalue weighted by Crippen LogP contribution is -2.00. The largest absolute Gasteiger partial charge is 0.324 e. The topological polar surface area (TPSA) is 81.0 Å². The number of hydrogen-bond acceptors (Lipinski definition) is 5. The Hall–Kier alpha value is -2.21. The van der Waals surface area contributed by atoms with Crippen LogP contribution in [0.15, 0.2) is 30.5 Å². The zero-order valence-electron chi connectivity index (χ0n) is 10.8. The van der Waals surface area contributed by atoms with Crippen molar-refractivity contribution in [3.05, 3.63) is 51.3 Å². The summed E-state index contributed by atoms with van der Waals surface area (Å²) in [5, 5.41) is 13.9. The lowest BCUT2D eigenvalue weighted by molar-refractivity contribution is -0.384. The minimum absolute atomic E-state index is 0.0983. The first-order chi connectivity index (χ1) is 9.60. The van der Waals surface area contributed by atoms with E-state index >= 15 is 0 Å². The smallest absolute Gasteiger partial charge is 0.289 e. The van der Waals surface area contributed by atoms with Crippen molar-refractivity contribution in [1.29, 1.82) is 0 Å². The van der Waals surface area contributed by atoms with E-state index in [1.54, 1.807) is 12.3 Å². The van der Waals surface area contributed by atoms with Gasteiger partial charge in [0.1, 0.15) is 5.02 Å². The summed E-state index contributed by atoms with van der Waals surface area (Å²) in [7, 11) is 0. The van der Waals surface area contributed by atoms with Crippen molar-refractivity contribution in [3.63, 3.8) is 0 Å². The first-order valence-corrected chi connectivity index (χ1v) is 6.51. The maximum absolute atomic E-state index is 10.8. The van der Waals surface area contributed by atoms with Crippen LogP contribution in [0.25, 0.3) is 0 Å². The van der Waals surface area contributed by atoms with Crippen molar-refractivity contribution in [2.75, 3.05) is 5.32 Å². The van der Waals surface area contributed by atoms with Crippen molar-refractivity contribution < 1.29 is 4.92 Å². The summed E-state index contributed by atoms with van der Waals surface area (Å²) in [6.45, 7) is 2.07. The number of nitrogens with one attached hydrogen (secondary N) is 1. The Balaban J connectivity index is 2.23. The number of nitro groups is 1. The lowest BCUT2D eigenvalue weighted by Gasteiger charge is -2.06. The molecule has 0 aliphatic carbocycles. The molecule has 104 valence electrons. The van der Waals surface area contributed by atoms with E-state index in [9.17, 15) is 10.1 Å². The van der Waals surface area contributed by atoms with E-state index in [0.717, 1.165) is 18.5 Å². The Morgan fingerprint density at radius 2 is 2.20 bits per heavy atom. The third-order valence-corrected chi connectivity index (χ3v) is 2.94. The number of halogens is 1. The van der Waals surface area contributed by atoms with Crippen LogP contribution in [0.5, 0.6) is 0 Å². The van der Waals surface area contributed by atoms with Crippen LogP contribution in [0.4, 0.5) is 17.3 Å². The molecular weight excluding hydrogens is 280 g/mol. The Kier molecular flexibility index (Phi) is 4.47. The molecule has 0 amide bonds. The molecule has 20 heavy (non-hydrogen) atoms. The SMILES string of the molecule is CCCc1ccnc(Nc2ccc(Cl)c([N+](=O)[O-])c2)n1. The molecule has 1 aromatic carbocycles. The molecule has 2 rings (SSSR count). The van der Waals surface area contributed by atoms with Gasteiger partial charge in [0.05, 0.1) is 4.92 Å². The fraction of sp³-hybridized carbons (Fsp3) is 0.231. The summed E-state index contributed by atoms with van der Waals surface area (Å²) in [6.07, 6.45) is 3.51. The first kappa shape index (κ1) is 14.2. The number of nitro benzene ring substituents is 1. The Morgan fingerprint density at radius 3 is 2.90 bits per heavy atom. The van der Waals surface area contributed by atoms with Gasteiger partial charge in [0.15, 0.2) is 0 Å². The average molecular weight is 293 g/mol. The summed E-state index contributed by atoms with van der Waals surface area (Å²) < 4.78 is 0. The second-order valence-corrected chi connectivity index (χ2v) is 4.58. The van der Waals surface area contributed by atoms with Crippen molar-refractivity contribution in [2.45, 2.75) is 19.8 Å². The maximum atomic E-state index is 10.8. The molecule has 0 fully saturated rings. The number of aryl methyl sites for hydroxylation is 1. The van der Waals surface area contributed by atoms with Crippen molar-refractivity contribution in [2.24, 2.45) is 0 Å². The van der Waals surface area contributed by atoms with Crippen LogP contribution in [-0.4, -0.2) is 14.9 Å². The third kappa shape index (κ3) is 3.42. The highest BCUT2D eigenvalue weighted by Crippen LogP contribution is 2.28. The standard InChI is InChI=1S/C13H13ClN4O2/c1-2-3-9-6-7-15-13(16-9)17-10-4-5-11(14)12(8-10)18(19)20/h4-8H,2-3H2,1H3,(H,15,16,17). The third-order valence-electron chi connectivity index (χ3n) is 2.62. The van der Waals surface area contributed by atoms with E-state index in [2.05, 4.69) is 22.2 Å². The van der Waals surface area contributed by atoms with E-state index in [1.807, 2.05) is 6.07 Å². The van der Waals surface area contributed by atoms with Crippen molar-refractivity contribution in [1.82, 2.24) is 9.97 Å². The quantitative estimate of drug-likeness (QED) is 0.670. The average Bonchev–Trinajstić information content (AvgIpc) is 2.41. The van der Waals surface area contributed by atoms with Gasteiger partial charge in [-0.05, 0) is 24.6 Å². The van der Waals surface area contributed by atoms with Gasteiger partial charge < -0.3 is 5.32 Å². The minimum atomic E-state index is -0.526. The fourth-order valence-electron chi connectivity index (χ4n) is 1.71. The molecule has 6 nitrogen and oxygen atoms in total. The summed E-state index contributed by atoms with van der Waals surface area (Å²) in [6, 6.07) is 6.32. The van der Waals surface area contributed by atoms with Gasteiger partial charge in [0, 0.05) is 23.6 Å². The Labute approximate surface area is 121 Å². The zero-order valence-corrected chi connectivity index (χ0v) is 11.6. The summed E-state index contributed by atoms with van der Waals surface area (Å²) in [4.78, 5) is 18.7. The molecule has 0 spiro atoms. The second kappa shape index (κ2) is 6.29. The van der Waals surface area contributed by atoms with Crippen molar-refractivity contribution in [3.8, 4) is 0 Å². The number of rotatable bonds is 5. The normalized spacial score (nSPS) is 10.3. The van der Waals surface area contributed by atoms with Gasteiger partial charge in [0.2, 0.25) is 5.95 Å².